The molecule has 0 spiro atoms. The maximum atomic E-state index is 9.18. The molecule has 0 aromatic carbocycles. The van der Waals surface area contributed by atoms with Crippen LogP contribution in [0.2, 0.25) is 0 Å². The first kappa shape index (κ1) is 15.7. The molecule has 0 amide bonds. The average molecular weight is 313 g/mol. The minimum Gasteiger partial charge on any atom is -0.394 e. The van der Waals surface area contributed by atoms with E-state index in [4.69, 9.17) is 0 Å². The lowest BCUT2D eigenvalue weighted by Crippen LogP contribution is -2.21. The van der Waals surface area contributed by atoms with E-state index in [-0.39, 0.29) is 12.6 Å². The predicted molar refractivity (Wildman–Crippen MR) is 90.6 cm³/mol. The number of rotatable bonds is 8. The summed E-state index contributed by atoms with van der Waals surface area (Å²) < 4.78 is 0. The normalized spacial score (nSPS) is 15.2. The standard InChI is InChI=1S/C17H23N5O/c1-12(11-23)20-17-21-15(14-2-3-14)10-16(22-17)19-9-6-13-4-7-18-8-5-13/h4-5,7-8,10,12,14,23H,2-3,6,9,11H2,1H3,(H2,19,20,21,22)/t12-/m1/s1. The summed E-state index contributed by atoms with van der Waals surface area (Å²) in [7, 11) is 0. The molecule has 0 radical (unpaired) electrons. The Balaban J connectivity index is 1.65. The van der Waals surface area contributed by atoms with Crippen LogP contribution in [0.1, 0.15) is 36.9 Å². The highest BCUT2D eigenvalue weighted by atomic mass is 16.3. The lowest BCUT2D eigenvalue weighted by Gasteiger charge is -2.14. The molecule has 2 aromatic rings. The Morgan fingerprint density at radius 2 is 2.04 bits per heavy atom. The van der Waals surface area contributed by atoms with E-state index in [0.717, 1.165) is 24.5 Å². The summed E-state index contributed by atoms with van der Waals surface area (Å²) in [6.07, 6.45) is 6.93. The number of pyridine rings is 1. The fourth-order valence-electron chi connectivity index (χ4n) is 2.36. The van der Waals surface area contributed by atoms with E-state index >= 15 is 0 Å². The third kappa shape index (κ3) is 4.63. The molecule has 0 saturated heterocycles. The smallest absolute Gasteiger partial charge is 0.225 e. The van der Waals surface area contributed by atoms with Gasteiger partial charge in [0, 0.05) is 37.0 Å². The SMILES string of the molecule is C[C@H](CO)Nc1nc(NCCc2ccncc2)cc(C2CC2)n1. The van der Waals surface area contributed by atoms with Crippen molar-refractivity contribution in [3.8, 4) is 0 Å². The van der Waals surface area contributed by atoms with Crippen LogP contribution < -0.4 is 10.6 Å². The van der Waals surface area contributed by atoms with Crippen LogP contribution in [0.3, 0.4) is 0 Å². The van der Waals surface area contributed by atoms with Gasteiger partial charge in [0.1, 0.15) is 5.82 Å². The second kappa shape index (κ2) is 7.37. The van der Waals surface area contributed by atoms with Gasteiger partial charge >= 0.3 is 0 Å². The Hall–Kier alpha value is -2.21. The summed E-state index contributed by atoms with van der Waals surface area (Å²) in [5.74, 6) is 1.98. The molecular formula is C17H23N5O. The summed E-state index contributed by atoms with van der Waals surface area (Å²) in [4.78, 5) is 13.1. The molecule has 6 nitrogen and oxygen atoms in total. The Kier molecular flexibility index (Phi) is 5.02. The van der Waals surface area contributed by atoms with Gasteiger partial charge in [-0.1, -0.05) is 0 Å². The third-order valence-electron chi connectivity index (χ3n) is 3.86. The maximum absolute atomic E-state index is 9.18. The van der Waals surface area contributed by atoms with Gasteiger partial charge in [-0.05, 0) is 43.9 Å². The second-order valence-corrected chi connectivity index (χ2v) is 6.04. The van der Waals surface area contributed by atoms with E-state index in [2.05, 4.69) is 25.6 Å². The van der Waals surface area contributed by atoms with Crippen LogP contribution >= 0.6 is 0 Å². The Morgan fingerprint density at radius 3 is 2.74 bits per heavy atom. The van der Waals surface area contributed by atoms with Gasteiger partial charge < -0.3 is 15.7 Å². The van der Waals surface area contributed by atoms with Crippen molar-refractivity contribution < 1.29 is 5.11 Å². The maximum Gasteiger partial charge on any atom is 0.225 e. The minimum atomic E-state index is -0.0610. The number of aromatic nitrogens is 3. The van der Waals surface area contributed by atoms with E-state index in [1.54, 1.807) is 0 Å². The summed E-state index contributed by atoms with van der Waals surface area (Å²) in [5.41, 5.74) is 2.33. The molecule has 1 saturated carbocycles. The molecule has 2 aromatic heterocycles. The molecule has 2 heterocycles. The van der Waals surface area contributed by atoms with Crippen LogP contribution in [0, 0.1) is 0 Å². The zero-order valence-corrected chi connectivity index (χ0v) is 13.4. The molecule has 23 heavy (non-hydrogen) atoms. The number of hydrogen-bond donors (Lipinski definition) is 3. The van der Waals surface area contributed by atoms with E-state index in [9.17, 15) is 5.11 Å². The number of hydrogen-bond acceptors (Lipinski definition) is 6. The van der Waals surface area contributed by atoms with Crippen LogP contribution in [-0.4, -0.2) is 39.3 Å². The zero-order valence-electron chi connectivity index (χ0n) is 13.4. The van der Waals surface area contributed by atoms with Crippen LogP contribution in [0.4, 0.5) is 11.8 Å². The summed E-state index contributed by atoms with van der Waals surface area (Å²) in [6, 6.07) is 6.02. The first-order valence-corrected chi connectivity index (χ1v) is 8.13. The topological polar surface area (TPSA) is 83.0 Å². The minimum absolute atomic E-state index is 0.0574. The summed E-state index contributed by atoms with van der Waals surface area (Å²) in [5, 5.41) is 15.7. The molecule has 1 fully saturated rings. The molecule has 1 aliphatic rings. The Bertz CT molecular complexity index is 630. The van der Waals surface area contributed by atoms with Crippen LogP contribution in [0.15, 0.2) is 30.6 Å². The molecule has 0 unspecified atom stereocenters. The highest BCUT2D eigenvalue weighted by Crippen LogP contribution is 2.39. The fraction of sp³-hybridized carbons (Fsp3) is 0.471. The number of aliphatic hydroxyl groups is 1. The Labute approximate surface area is 136 Å². The quantitative estimate of drug-likeness (QED) is 0.693. The number of aliphatic hydroxyl groups excluding tert-OH is 1. The average Bonchev–Trinajstić information content (AvgIpc) is 3.40. The van der Waals surface area contributed by atoms with Gasteiger partial charge in [0.2, 0.25) is 5.95 Å². The van der Waals surface area contributed by atoms with Crippen molar-refractivity contribution in [3.05, 3.63) is 41.9 Å². The predicted octanol–water partition coefficient (Wildman–Crippen LogP) is 2.20. The molecule has 3 N–H and O–H groups in total. The monoisotopic (exact) mass is 313 g/mol. The van der Waals surface area contributed by atoms with E-state index in [0.29, 0.717) is 11.9 Å². The molecule has 1 aliphatic carbocycles. The molecular weight excluding hydrogens is 290 g/mol. The van der Waals surface area contributed by atoms with E-state index < -0.39 is 0 Å². The Morgan fingerprint density at radius 1 is 1.26 bits per heavy atom. The highest BCUT2D eigenvalue weighted by Gasteiger charge is 2.26. The van der Waals surface area contributed by atoms with Gasteiger partial charge in [0.05, 0.1) is 12.3 Å². The van der Waals surface area contributed by atoms with Gasteiger partial charge in [-0.3, -0.25) is 4.98 Å². The molecule has 1 atom stereocenters. The summed E-state index contributed by atoms with van der Waals surface area (Å²) in [6.45, 7) is 2.77. The lowest BCUT2D eigenvalue weighted by molar-refractivity contribution is 0.281. The first-order valence-electron chi connectivity index (χ1n) is 8.13. The van der Waals surface area contributed by atoms with Crippen molar-refractivity contribution in [3.63, 3.8) is 0 Å². The van der Waals surface area contributed by atoms with Gasteiger partial charge in [0.25, 0.3) is 0 Å². The largest absolute Gasteiger partial charge is 0.394 e. The van der Waals surface area contributed by atoms with Crippen molar-refractivity contribution in [2.75, 3.05) is 23.8 Å². The van der Waals surface area contributed by atoms with Gasteiger partial charge in [0.15, 0.2) is 0 Å². The highest BCUT2D eigenvalue weighted by molar-refractivity contribution is 5.44. The van der Waals surface area contributed by atoms with Gasteiger partial charge in [-0.25, -0.2) is 4.98 Å². The molecule has 6 heteroatoms. The van der Waals surface area contributed by atoms with Crippen LogP contribution in [0.5, 0.6) is 0 Å². The van der Waals surface area contributed by atoms with Gasteiger partial charge in [-0.2, -0.15) is 4.98 Å². The third-order valence-corrected chi connectivity index (χ3v) is 3.86. The van der Waals surface area contributed by atoms with Crippen molar-refractivity contribution in [1.82, 2.24) is 15.0 Å². The first-order chi connectivity index (χ1) is 11.2. The summed E-state index contributed by atoms with van der Waals surface area (Å²) >= 11 is 0. The van der Waals surface area contributed by atoms with Crippen molar-refractivity contribution in [2.45, 2.75) is 38.1 Å². The molecule has 122 valence electrons. The number of nitrogens with one attached hydrogen (secondary N) is 2. The number of anilines is 2. The van der Waals surface area contributed by atoms with Crippen molar-refractivity contribution in [1.29, 1.82) is 0 Å². The van der Waals surface area contributed by atoms with Gasteiger partial charge in [-0.15, -0.1) is 0 Å². The zero-order chi connectivity index (χ0) is 16.1. The van der Waals surface area contributed by atoms with E-state index in [1.165, 1.54) is 18.4 Å². The molecule has 0 bridgehead atoms. The van der Waals surface area contributed by atoms with Crippen LogP contribution in [-0.2, 0) is 6.42 Å². The lowest BCUT2D eigenvalue weighted by atomic mass is 10.2. The molecule has 0 aliphatic heterocycles. The second-order valence-electron chi connectivity index (χ2n) is 6.04. The fourth-order valence-corrected chi connectivity index (χ4v) is 2.36. The van der Waals surface area contributed by atoms with E-state index in [1.807, 2.05) is 37.5 Å². The van der Waals surface area contributed by atoms with Crippen molar-refractivity contribution in [2.24, 2.45) is 0 Å². The van der Waals surface area contributed by atoms with Crippen LogP contribution in [0.25, 0.3) is 0 Å². The molecule has 3 rings (SSSR count). The number of nitrogens with zero attached hydrogens (tertiary/aromatic N) is 3. The van der Waals surface area contributed by atoms with Crippen molar-refractivity contribution >= 4 is 11.8 Å².